The summed E-state index contributed by atoms with van der Waals surface area (Å²) in [5, 5.41) is 7.96. The largest absolute Gasteiger partial charge is 0.314 e. The second kappa shape index (κ2) is 6.20. The lowest BCUT2D eigenvalue weighted by atomic mass is 10.1. The normalized spacial score (nSPS) is 15.4. The third-order valence-corrected chi connectivity index (χ3v) is 3.37. The molecule has 0 aliphatic heterocycles. The van der Waals surface area contributed by atoms with Crippen molar-refractivity contribution in [2.75, 3.05) is 6.54 Å². The van der Waals surface area contributed by atoms with Crippen LogP contribution in [0.15, 0.2) is 16.8 Å². The van der Waals surface area contributed by atoms with Crippen molar-refractivity contribution in [1.82, 2.24) is 5.32 Å². The van der Waals surface area contributed by atoms with E-state index in [9.17, 15) is 0 Å². The van der Waals surface area contributed by atoms with Crippen molar-refractivity contribution in [3.05, 3.63) is 22.4 Å². The average Bonchev–Trinajstić information content (AvgIpc) is 2.66. The molecule has 0 saturated carbocycles. The van der Waals surface area contributed by atoms with Crippen LogP contribution in [0.4, 0.5) is 0 Å². The molecule has 1 heterocycles. The molecule has 80 valence electrons. The summed E-state index contributed by atoms with van der Waals surface area (Å²) in [6.45, 7) is 7.95. The molecule has 1 rings (SSSR count). The summed E-state index contributed by atoms with van der Waals surface area (Å²) in [4.78, 5) is 0. The van der Waals surface area contributed by atoms with E-state index in [0.717, 1.165) is 18.9 Å². The Morgan fingerprint density at radius 2 is 2.21 bits per heavy atom. The van der Waals surface area contributed by atoms with Gasteiger partial charge in [0.2, 0.25) is 0 Å². The zero-order valence-electron chi connectivity index (χ0n) is 9.42. The summed E-state index contributed by atoms with van der Waals surface area (Å²) in [6.07, 6.45) is 2.41. The van der Waals surface area contributed by atoms with Gasteiger partial charge in [-0.2, -0.15) is 11.3 Å². The van der Waals surface area contributed by atoms with Crippen LogP contribution in [-0.2, 0) is 6.42 Å². The Morgan fingerprint density at radius 3 is 2.79 bits per heavy atom. The fourth-order valence-electron chi connectivity index (χ4n) is 1.38. The molecule has 14 heavy (non-hydrogen) atoms. The molecule has 0 aromatic carbocycles. The van der Waals surface area contributed by atoms with Gasteiger partial charge in [-0.3, -0.25) is 0 Å². The Balaban J connectivity index is 2.19. The van der Waals surface area contributed by atoms with Crippen LogP contribution in [0.5, 0.6) is 0 Å². The zero-order chi connectivity index (χ0) is 10.4. The molecule has 2 unspecified atom stereocenters. The Labute approximate surface area is 91.5 Å². The molecule has 2 atom stereocenters. The van der Waals surface area contributed by atoms with Gasteiger partial charge in [0.25, 0.3) is 0 Å². The number of hydrogen-bond acceptors (Lipinski definition) is 2. The van der Waals surface area contributed by atoms with E-state index >= 15 is 0 Å². The summed E-state index contributed by atoms with van der Waals surface area (Å²) in [6, 6.07) is 2.81. The number of thiophene rings is 1. The quantitative estimate of drug-likeness (QED) is 0.761. The number of nitrogens with one attached hydrogen (secondary N) is 1. The van der Waals surface area contributed by atoms with Gasteiger partial charge in [0.05, 0.1) is 0 Å². The van der Waals surface area contributed by atoms with E-state index in [1.807, 2.05) is 0 Å². The first-order valence-corrected chi connectivity index (χ1v) is 6.41. The maximum Gasteiger partial charge on any atom is 0.00795 e. The third-order valence-electron chi connectivity index (χ3n) is 2.63. The predicted molar refractivity (Wildman–Crippen MR) is 64.9 cm³/mol. The van der Waals surface area contributed by atoms with E-state index in [2.05, 4.69) is 42.9 Å². The van der Waals surface area contributed by atoms with E-state index < -0.39 is 0 Å². The molecule has 0 fully saturated rings. The van der Waals surface area contributed by atoms with Gasteiger partial charge < -0.3 is 5.32 Å². The minimum atomic E-state index is 0.596. The highest BCUT2D eigenvalue weighted by atomic mass is 32.1. The van der Waals surface area contributed by atoms with Crippen LogP contribution in [0, 0.1) is 5.92 Å². The molecule has 0 saturated heterocycles. The van der Waals surface area contributed by atoms with Crippen molar-refractivity contribution in [3.63, 3.8) is 0 Å². The van der Waals surface area contributed by atoms with E-state index in [4.69, 9.17) is 0 Å². The Morgan fingerprint density at radius 1 is 1.43 bits per heavy atom. The highest BCUT2D eigenvalue weighted by Crippen LogP contribution is 2.08. The van der Waals surface area contributed by atoms with Gasteiger partial charge in [-0.05, 0) is 48.2 Å². The maximum atomic E-state index is 3.58. The molecule has 1 N–H and O–H groups in total. The summed E-state index contributed by atoms with van der Waals surface area (Å²) in [7, 11) is 0. The van der Waals surface area contributed by atoms with Crippen molar-refractivity contribution in [2.45, 2.75) is 39.7 Å². The standard InChI is InChI=1S/C12H21NS/c1-4-10(2)8-13-11(3)7-12-5-6-14-9-12/h5-6,9-11,13H,4,7-8H2,1-3H3. The second-order valence-corrected chi connectivity index (χ2v) is 4.94. The molecule has 0 aliphatic rings. The molecular weight excluding hydrogens is 190 g/mol. The van der Waals surface area contributed by atoms with Crippen LogP contribution in [0.25, 0.3) is 0 Å². The zero-order valence-corrected chi connectivity index (χ0v) is 10.2. The van der Waals surface area contributed by atoms with Crippen molar-refractivity contribution in [1.29, 1.82) is 0 Å². The first kappa shape index (κ1) is 11.7. The van der Waals surface area contributed by atoms with Crippen molar-refractivity contribution < 1.29 is 0 Å². The molecule has 2 heteroatoms. The van der Waals surface area contributed by atoms with Gasteiger partial charge in [0.15, 0.2) is 0 Å². The van der Waals surface area contributed by atoms with Gasteiger partial charge in [-0.25, -0.2) is 0 Å². The van der Waals surface area contributed by atoms with Crippen molar-refractivity contribution in [3.8, 4) is 0 Å². The fraction of sp³-hybridized carbons (Fsp3) is 0.667. The molecule has 0 aliphatic carbocycles. The monoisotopic (exact) mass is 211 g/mol. The van der Waals surface area contributed by atoms with Crippen molar-refractivity contribution >= 4 is 11.3 Å². The van der Waals surface area contributed by atoms with E-state index in [-0.39, 0.29) is 0 Å². The molecule has 0 bridgehead atoms. The fourth-order valence-corrected chi connectivity index (χ4v) is 2.06. The van der Waals surface area contributed by atoms with Gasteiger partial charge >= 0.3 is 0 Å². The average molecular weight is 211 g/mol. The minimum Gasteiger partial charge on any atom is -0.314 e. The van der Waals surface area contributed by atoms with E-state index in [0.29, 0.717) is 6.04 Å². The molecule has 1 aromatic rings. The molecule has 1 nitrogen and oxygen atoms in total. The molecule has 0 amide bonds. The Hall–Kier alpha value is -0.340. The van der Waals surface area contributed by atoms with Crippen LogP contribution in [-0.4, -0.2) is 12.6 Å². The van der Waals surface area contributed by atoms with Gasteiger partial charge in [0, 0.05) is 6.04 Å². The number of rotatable bonds is 6. The Kier molecular flexibility index (Phi) is 5.20. The van der Waals surface area contributed by atoms with E-state index in [1.54, 1.807) is 11.3 Å². The summed E-state index contributed by atoms with van der Waals surface area (Å²) in [5.41, 5.74) is 1.46. The van der Waals surface area contributed by atoms with Gasteiger partial charge in [0.1, 0.15) is 0 Å². The summed E-state index contributed by atoms with van der Waals surface area (Å²) >= 11 is 1.78. The maximum absolute atomic E-state index is 3.58. The van der Waals surface area contributed by atoms with Crippen LogP contribution in [0.2, 0.25) is 0 Å². The van der Waals surface area contributed by atoms with Crippen LogP contribution >= 0.6 is 11.3 Å². The topological polar surface area (TPSA) is 12.0 Å². The summed E-state index contributed by atoms with van der Waals surface area (Å²) < 4.78 is 0. The predicted octanol–water partition coefficient (Wildman–Crippen LogP) is 3.31. The lowest BCUT2D eigenvalue weighted by molar-refractivity contribution is 0.451. The van der Waals surface area contributed by atoms with Crippen molar-refractivity contribution in [2.24, 2.45) is 5.92 Å². The lowest BCUT2D eigenvalue weighted by Crippen LogP contribution is -2.31. The highest BCUT2D eigenvalue weighted by Gasteiger charge is 2.05. The third kappa shape index (κ3) is 4.25. The first-order chi connectivity index (χ1) is 6.72. The van der Waals surface area contributed by atoms with Crippen LogP contribution in [0.3, 0.4) is 0 Å². The Bertz CT molecular complexity index is 230. The van der Waals surface area contributed by atoms with Gasteiger partial charge in [-0.1, -0.05) is 20.3 Å². The molecule has 0 radical (unpaired) electrons. The lowest BCUT2D eigenvalue weighted by Gasteiger charge is -2.16. The summed E-state index contributed by atoms with van der Waals surface area (Å²) in [5.74, 6) is 0.792. The van der Waals surface area contributed by atoms with Crippen LogP contribution < -0.4 is 5.32 Å². The molecule has 1 aromatic heterocycles. The van der Waals surface area contributed by atoms with Gasteiger partial charge in [-0.15, -0.1) is 0 Å². The second-order valence-electron chi connectivity index (χ2n) is 4.16. The molecular formula is C12H21NS. The first-order valence-electron chi connectivity index (χ1n) is 5.46. The van der Waals surface area contributed by atoms with E-state index in [1.165, 1.54) is 12.0 Å². The van der Waals surface area contributed by atoms with Crippen LogP contribution in [0.1, 0.15) is 32.8 Å². The highest BCUT2D eigenvalue weighted by molar-refractivity contribution is 7.07. The number of hydrogen-bond donors (Lipinski definition) is 1. The molecule has 0 spiro atoms. The SMILES string of the molecule is CCC(C)CNC(C)Cc1ccsc1. The minimum absolute atomic E-state index is 0.596. The smallest absolute Gasteiger partial charge is 0.00795 e.